The molecule has 3 nitrogen and oxygen atoms in total. The molecule has 1 aromatic carbocycles. The summed E-state index contributed by atoms with van der Waals surface area (Å²) in [5.41, 5.74) is 1.02. The van der Waals surface area contributed by atoms with Crippen molar-refractivity contribution in [3.63, 3.8) is 0 Å². The minimum atomic E-state index is -0.215. The van der Waals surface area contributed by atoms with E-state index in [-0.39, 0.29) is 17.8 Å². The van der Waals surface area contributed by atoms with Crippen molar-refractivity contribution in [2.24, 2.45) is 0 Å². The van der Waals surface area contributed by atoms with Gasteiger partial charge in [-0.05, 0) is 19.4 Å². The van der Waals surface area contributed by atoms with Crippen molar-refractivity contribution < 1.29 is 9.63 Å². The SMILES string of the molecule is CC(C)N(OCc1ccccc1)C(=O)CCl. The molecule has 1 amide bonds. The summed E-state index contributed by atoms with van der Waals surface area (Å²) in [4.78, 5) is 16.9. The minimum Gasteiger partial charge on any atom is -0.271 e. The van der Waals surface area contributed by atoms with Crippen LogP contribution in [-0.2, 0) is 16.2 Å². The lowest BCUT2D eigenvalue weighted by atomic mass is 10.2. The maximum absolute atomic E-state index is 11.4. The molecular formula is C12H16ClNO2. The lowest BCUT2D eigenvalue weighted by Crippen LogP contribution is -2.37. The van der Waals surface area contributed by atoms with Gasteiger partial charge in [0.1, 0.15) is 12.5 Å². The monoisotopic (exact) mass is 241 g/mol. The quantitative estimate of drug-likeness (QED) is 0.586. The molecule has 0 aromatic heterocycles. The van der Waals surface area contributed by atoms with E-state index in [9.17, 15) is 4.79 Å². The van der Waals surface area contributed by atoms with E-state index >= 15 is 0 Å². The molecule has 0 aliphatic carbocycles. The van der Waals surface area contributed by atoms with E-state index in [0.29, 0.717) is 6.61 Å². The average Bonchev–Trinajstić information content (AvgIpc) is 2.30. The van der Waals surface area contributed by atoms with Crippen LogP contribution in [0.2, 0.25) is 0 Å². The molecular weight excluding hydrogens is 226 g/mol. The fourth-order valence-corrected chi connectivity index (χ4v) is 1.40. The normalized spacial score (nSPS) is 10.5. The van der Waals surface area contributed by atoms with Crippen molar-refractivity contribution in [1.82, 2.24) is 5.06 Å². The van der Waals surface area contributed by atoms with Crippen LogP contribution in [0, 0.1) is 0 Å². The number of carbonyl (C=O) groups is 1. The number of nitrogens with zero attached hydrogens (tertiary/aromatic N) is 1. The summed E-state index contributed by atoms with van der Waals surface area (Å²) >= 11 is 5.50. The van der Waals surface area contributed by atoms with E-state index in [1.165, 1.54) is 5.06 Å². The van der Waals surface area contributed by atoms with Gasteiger partial charge < -0.3 is 0 Å². The van der Waals surface area contributed by atoms with E-state index in [2.05, 4.69) is 0 Å². The summed E-state index contributed by atoms with van der Waals surface area (Å²) in [7, 11) is 0. The highest BCUT2D eigenvalue weighted by Crippen LogP contribution is 2.07. The van der Waals surface area contributed by atoms with Crippen LogP contribution >= 0.6 is 11.6 Å². The third-order valence-electron chi connectivity index (χ3n) is 2.04. The fraction of sp³-hybridized carbons (Fsp3) is 0.417. The van der Waals surface area contributed by atoms with Gasteiger partial charge in [-0.3, -0.25) is 9.63 Å². The lowest BCUT2D eigenvalue weighted by molar-refractivity contribution is -0.199. The zero-order chi connectivity index (χ0) is 12.0. The molecule has 0 saturated carbocycles. The van der Waals surface area contributed by atoms with Crippen molar-refractivity contribution in [3.05, 3.63) is 35.9 Å². The summed E-state index contributed by atoms with van der Waals surface area (Å²) in [6.07, 6.45) is 0. The molecule has 0 spiro atoms. The molecule has 0 unspecified atom stereocenters. The Balaban J connectivity index is 2.54. The maximum Gasteiger partial charge on any atom is 0.261 e. The van der Waals surface area contributed by atoms with Gasteiger partial charge in [-0.25, -0.2) is 5.06 Å². The Morgan fingerprint density at radius 1 is 1.38 bits per heavy atom. The Morgan fingerprint density at radius 3 is 2.50 bits per heavy atom. The number of halogens is 1. The first kappa shape index (κ1) is 13.0. The first-order valence-corrected chi connectivity index (χ1v) is 5.73. The maximum atomic E-state index is 11.4. The van der Waals surface area contributed by atoms with Crippen LogP contribution in [0.15, 0.2) is 30.3 Å². The molecule has 88 valence electrons. The van der Waals surface area contributed by atoms with Crippen LogP contribution in [0.5, 0.6) is 0 Å². The zero-order valence-electron chi connectivity index (χ0n) is 9.52. The molecule has 0 saturated heterocycles. The highest BCUT2D eigenvalue weighted by molar-refractivity contribution is 6.27. The Kier molecular flexibility index (Phi) is 5.29. The molecule has 16 heavy (non-hydrogen) atoms. The van der Waals surface area contributed by atoms with Crippen molar-refractivity contribution in [2.45, 2.75) is 26.5 Å². The molecule has 0 bridgehead atoms. The van der Waals surface area contributed by atoms with Gasteiger partial charge in [0.05, 0.1) is 6.04 Å². The van der Waals surface area contributed by atoms with Crippen molar-refractivity contribution in [3.8, 4) is 0 Å². The Hall–Kier alpha value is -1.06. The summed E-state index contributed by atoms with van der Waals surface area (Å²) in [6, 6.07) is 9.68. The smallest absolute Gasteiger partial charge is 0.261 e. The van der Waals surface area contributed by atoms with E-state index in [1.54, 1.807) is 0 Å². The molecule has 0 fully saturated rings. The predicted molar refractivity (Wildman–Crippen MR) is 63.9 cm³/mol. The van der Waals surface area contributed by atoms with E-state index in [4.69, 9.17) is 16.4 Å². The molecule has 1 aromatic rings. The molecule has 0 radical (unpaired) electrons. The number of hydrogen-bond acceptors (Lipinski definition) is 2. The van der Waals surface area contributed by atoms with Crippen molar-refractivity contribution >= 4 is 17.5 Å². The Labute approximate surface area is 101 Å². The number of amides is 1. The summed E-state index contributed by atoms with van der Waals surface area (Å²) < 4.78 is 0. The number of rotatable bonds is 5. The molecule has 1 rings (SSSR count). The van der Waals surface area contributed by atoms with E-state index in [0.717, 1.165) is 5.56 Å². The highest BCUT2D eigenvalue weighted by Gasteiger charge is 2.16. The summed E-state index contributed by atoms with van der Waals surface area (Å²) in [6.45, 7) is 4.15. The van der Waals surface area contributed by atoms with Crippen LogP contribution in [0.3, 0.4) is 0 Å². The Bertz CT molecular complexity index is 327. The first-order valence-electron chi connectivity index (χ1n) is 5.20. The van der Waals surface area contributed by atoms with Crippen LogP contribution < -0.4 is 0 Å². The second-order valence-corrected chi connectivity index (χ2v) is 3.97. The Morgan fingerprint density at radius 2 is 2.00 bits per heavy atom. The van der Waals surface area contributed by atoms with Crippen LogP contribution in [0.4, 0.5) is 0 Å². The number of hydrogen-bond donors (Lipinski definition) is 0. The number of hydroxylamine groups is 2. The highest BCUT2D eigenvalue weighted by atomic mass is 35.5. The molecule has 0 heterocycles. The third kappa shape index (κ3) is 3.83. The van der Waals surface area contributed by atoms with Crippen molar-refractivity contribution in [2.75, 3.05) is 5.88 Å². The van der Waals surface area contributed by atoms with Crippen LogP contribution in [-0.4, -0.2) is 22.9 Å². The van der Waals surface area contributed by atoms with E-state index < -0.39 is 0 Å². The topological polar surface area (TPSA) is 29.5 Å². The fourth-order valence-electron chi connectivity index (χ4n) is 1.29. The molecule has 0 aliphatic rings. The first-order chi connectivity index (χ1) is 7.65. The second kappa shape index (κ2) is 6.51. The van der Waals surface area contributed by atoms with Gasteiger partial charge in [-0.2, -0.15) is 0 Å². The molecule has 4 heteroatoms. The standard InChI is InChI=1S/C12H16ClNO2/c1-10(2)14(12(15)8-13)16-9-11-6-4-3-5-7-11/h3-7,10H,8-9H2,1-2H3. The van der Waals surface area contributed by atoms with Gasteiger partial charge in [-0.1, -0.05) is 30.3 Å². The predicted octanol–water partition coefficient (Wildman–Crippen LogP) is 2.59. The third-order valence-corrected chi connectivity index (χ3v) is 2.27. The zero-order valence-corrected chi connectivity index (χ0v) is 10.3. The summed E-state index contributed by atoms with van der Waals surface area (Å²) in [5, 5.41) is 1.32. The molecule has 0 N–H and O–H groups in total. The van der Waals surface area contributed by atoms with Gasteiger partial charge in [0, 0.05) is 0 Å². The molecule has 0 atom stereocenters. The van der Waals surface area contributed by atoms with Gasteiger partial charge >= 0.3 is 0 Å². The van der Waals surface area contributed by atoms with Gasteiger partial charge in [0.2, 0.25) is 0 Å². The number of alkyl halides is 1. The number of benzene rings is 1. The van der Waals surface area contributed by atoms with Gasteiger partial charge in [-0.15, -0.1) is 11.6 Å². The van der Waals surface area contributed by atoms with Crippen LogP contribution in [0.1, 0.15) is 19.4 Å². The average molecular weight is 242 g/mol. The van der Waals surface area contributed by atoms with Crippen LogP contribution in [0.25, 0.3) is 0 Å². The second-order valence-electron chi connectivity index (χ2n) is 3.71. The van der Waals surface area contributed by atoms with E-state index in [1.807, 2.05) is 44.2 Å². The van der Waals surface area contributed by atoms with Gasteiger partial charge in [0.25, 0.3) is 5.91 Å². The molecule has 0 aliphatic heterocycles. The largest absolute Gasteiger partial charge is 0.271 e. The van der Waals surface area contributed by atoms with Crippen molar-refractivity contribution in [1.29, 1.82) is 0 Å². The lowest BCUT2D eigenvalue weighted by Gasteiger charge is -2.24. The minimum absolute atomic E-state index is 0.0186. The number of carbonyl (C=O) groups excluding carboxylic acids is 1. The van der Waals surface area contributed by atoms with Gasteiger partial charge in [0.15, 0.2) is 0 Å². The summed E-state index contributed by atoms with van der Waals surface area (Å²) in [5.74, 6) is -0.278.